The van der Waals surface area contributed by atoms with E-state index in [1.54, 1.807) is 12.1 Å². The smallest absolute Gasteiger partial charge is 0.312 e. The molecule has 0 unspecified atom stereocenters. The van der Waals surface area contributed by atoms with Crippen LogP contribution in [0.15, 0.2) is 18.2 Å². The summed E-state index contributed by atoms with van der Waals surface area (Å²) in [5.41, 5.74) is -0.637. The summed E-state index contributed by atoms with van der Waals surface area (Å²) in [5.74, 6) is -0.0836. The third kappa shape index (κ3) is 5.22. The van der Waals surface area contributed by atoms with Crippen LogP contribution in [0.4, 0.5) is 5.69 Å². The standard InChI is InChI=1S/C18H27NO5/c1-7-18(6,8-2)16(20)23-12-13-9-10-15(24-17(3,4)5)14(11-13)19(21)22/h9-11H,7-8,12H2,1-6H3. The molecule has 0 saturated carbocycles. The molecule has 0 saturated heterocycles. The number of nitro groups is 1. The highest BCUT2D eigenvalue weighted by atomic mass is 16.6. The fourth-order valence-corrected chi connectivity index (χ4v) is 2.07. The van der Waals surface area contributed by atoms with Crippen LogP contribution in [0.25, 0.3) is 0 Å². The highest BCUT2D eigenvalue weighted by Gasteiger charge is 2.31. The number of carbonyl (C=O) groups excluding carboxylic acids is 1. The molecule has 0 spiro atoms. The van der Waals surface area contributed by atoms with E-state index in [-0.39, 0.29) is 24.0 Å². The Hall–Kier alpha value is -2.11. The van der Waals surface area contributed by atoms with Gasteiger partial charge in [0.2, 0.25) is 0 Å². The van der Waals surface area contributed by atoms with E-state index in [4.69, 9.17) is 9.47 Å². The number of hydrogen-bond donors (Lipinski definition) is 0. The van der Waals surface area contributed by atoms with E-state index in [9.17, 15) is 14.9 Å². The second-order valence-electron chi connectivity index (χ2n) is 7.12. The van der Waals surface area contributed by atoms with Gasteiger partial charge in [0, 0.05) is 6.07 Å². The predicted molar refractivity (Wildman–Crippen MR) is 92.0 cm³/mol. The summed E-state index contributed by atoms with van der Waals surface area (Å²) >= 11 is 0. The van der Waals surface area contributed by atoms with Crippen LogP contribution in [-0.2, 0) is 16.1 Å². The summed E-state index contributed by atoms with van der Waals surface area (Å²) in [5, 5.41) is 11.3. The Labute approximate surface area is 143 Å². The van der Waals surface area contributed by atoms with Crippen molar-refractivity contribution in [2.24, 2.45) is 5.41 Å². The first kappa shape index (κ1) is 19.9. The molecule has 0 aliphatic carbocycles. The van der Waals surface area contributed by atoms with Crippen LogP contribution in [0.3, 0.4) is 0 Å². The summed E-state index contributed by atoms with van der Waals surface area (Å²) in [6.45, 7) is 11.2. The van der Waals surface area contributed by atoms with Gasteiger partial charge in [-0.2, -0.15) is 0 Å². The van der Waals surface area contributed by atoms with Crippen molar-refractivity contribution in [1.82, 2.24) is 0 Å². The fourth-order valence-electron chi connectivity index (χ4n) is 2.07. The zero-order valence-corrected chi connectivity index (χ0v) is 15.3. The molecule has 24 heavy (non-hydrogen) atoms. The van der Waals surface area contributed by atoms with Gasteiger partial charge in [-0.15, -0.1) is 0 Å². The molecular weight excluding hydrogens is 310 g/mol. The minimum atomic E-state index is -0.539. The molecule has 1 rings (SSSR count). The Morgan fingerprint density at radius 1 is 1.17 bits per heavy atom. The second-order valence-corrected chi connectivity index (χ2v) is 7.12. The molecule has 6 heteroatoms. The van der Waals surface area contributed by atoms with E-state index in [2.05, 4.69) is 0 Å². The summed E-state index contributed by atoms with van der Waals surface area (Å²) in [7, 11) is 0. The van der Waals surface area contributed by atoms with E-state index in [0.717, 1.165) is 0 Å². The minimum absolute atomic E-state index is 0.00502. The number of rotatable bonds is 7. The molecule has 0 radical (unpaired) electrons. The maximum atomic E-state index is 12.2. The molecule has 0 amide bonds. The molecule has 0 N–H and O–H groups in total. The highest BCUT2D eigenvalue weighted by Crippen LogP contribution is 2.32. The summed E-state index contributed by atoms with van der Waals surface area (Å²) < 4.78 is 11.0. The van der Waals surface area contributed by atoms with Crippen molar-refractivity contribution in [3.05, 3.63) is 33.9 Å². The number of nitrogens with zero attached hydrogens (tertiary/aromatic N) is 1. The van der Waals surface area contributed by atoms with Gasteiger partial charge in [-0.25, -0.2) is 0 Å². The summed E-state index contributed by atoms with van der Waals surface area (Å²) in [6.07, 6.45) is 1.36. The van der Waals surface area contributed by atoms with E-state index in [0.29, 0.717) is 18.4 Å². The first-order chi connectivity index (χ1) is 11.0. The number of hydrogen-bond acceptors (Lipinski definition) is 5. The third-order valence-electron chi connectivity index (χ3n) is 4.06. The van der Waals surface area contributed by atoms with Gasteiger partial charge in [-0.1, -0.05) is 19.9 Å². The molecule has 0 fully saturated rings. The molecule has 0 heterocycles. The van der Waals surface area contributed by atoms with Crippen LogP contribution < -0.4 is 4.74 Å². The molecule has 1 aromatic rings. The molecule has 0 bridgehead atoms. The van der Waals surface area contributed by atoms with Gasteiger partial charge in [-0.3, -0.25) is 14.9 Å². The van der Waals surface area contributed by atoms with Gasteiger partial charge in [0.05, 0.1) is 10.3 Å². The average molecular weight is 337 g/mol. The molecule has 134 valence electrons. The maximum Gasteiger partial charge on any atom is 0.312 e. The van der Waals surface area contributed by atoms with Gasteiger partial charge >= 0.3 is 11.7 Å². The largest absolute Gasteiger partial charge is 0.481 e. The van der Waals surface area contributed by atoms with Crippen molar-refractivity contribution in [2.75, 3.05) is 0 Å². The average Bonchev–Trinajstić information content (AvgIpc) is 2.51. The van der Waals surface area contributed by atoms with Gasteiger partial charge < -0.3 is 9.47 Å². The Balaban J connectivity index is 2.93. The van der Waals surface area contributed by atoms with Crippen molar-refractivity contribution in [2.45, 2.75) is 66.6 Å². The minimum Gasteiger partial charge on any atom is -0.481 e. The van der Waals surface area contributed by atoms with Crippen LogP contribution in [0.5, 0.6) is 5.75 Å². The van der Waals surface area contributed by atoms with Crippen LogP contribution in [0, 0.1) is 15.5 Å². The summed E-state index contributed by atoms with van der Waals surface area (Å²) in [6, 6.07) is 4.62. The molecular formula is C18H27NO5. The zero-order chi connectivity index (χ0) is 18.5. The SMILES string of the molecule is CCC(C)(CC)C(=O)OCc1ccc(OC(C)(C)C)c([N+](=O)[O-])c1. The number of nitro benzene ring substituents is 1. The van der Waals surface area contributed by atoms with Crippen LogP contribution in [-0.4, -0.2) is 16.5 Å². The van der Waals surface area contributed by atoms with E-state index < -0.39 is 15.9 Å². The molecule has 0 aliphatic heterocycles. The monoisotopic (exact) mass is 337 g/mol. The topological polar surface area (TPSA) is 78.7 Å². The van der Waals surface area contributed by atoms with Crippen molar-refractivity contribution in [3.8, 4) is 5.75 Å². The number of ether oxygens (including phenoxy) is 2. The number of esters is 1. The Kier molecular flexibility index (Phi) is 6.35. The first-order valence-electron chi connectivity index (χ1n) is 8.16. The lowest BCUT2D eigenvalue weighted by atomic mass is 9.85. The van der Waals surface area contributed by atoms with Crippen LogP contribution in [0.1, 0.15) is 59.9 Å². The maximum absolute atomic E-state index is 12.2. The van der Waals surface area contributed by atoms with Crippen molar-refractivity contribution in [1.29, 1.82) is 0 Å². The summed E-state index contributed by atoms with van der Waals surface area (Å²) in [4.78, 5) is 23.0. The lowest BCUT2D eigenvalue weighted by Gasteiger charge is -2.24. The second kappa shape index (κ2) is 7.64. The van der Waals surface area contributed by atoms with E-state index >= 15 is 0 Å². The quantitative estimate of drug-likeness (QED) is 0.411. The van der Waals surface area contributed by atoms with Gasteiger partial charge in [0.15, 0.2) is 5.75 Å². The van der Waals surface area contributed by atoms with Gasteiger partial charge in [0.1, 0.15) is 12.2 Å². The molecule has 0 atom stereocenters. The van der Waals surface area contributed by atoms with Crippen LogP contribution in [0.2, 0.25) is 0 Å². The molecule has 0 aliphatic rings. The lowest BCUT2D eigenvalue weighted by Crippen LogP contribution is -2.28. The van der Waals surface area contributed by atoms with Gasteiger partial charge in [-0.05, 0) is 52.2 Å². The van der Waals surface area contributed by atoms with E-state index in [1.165, 1.54) is 6.07 Å². The lowest BCUT2D eigenvalue weighted by molar-refractivity contribution is -0.386. The van der Waals surface area contributed by atoms with E-state index in [1.807, 2.05) is 41.5 Å². The number of benzene rings is 1. The number of carbonyl (C=O) groups is 1. The Morgan fingerprint density at radius 3 is 2.21 bits per heavy atom. The van der Waals surface area contributed by atoms with Crippen molar-refractivity contribution in [3.63, 3.8) is 0 Å². The predicted octanol–water partition coefficient (Wildman–Crippen LogP) is 4.64. The Morgan fingerprint density at radius 2 is 1.75 bits per heavy atom. The van der Waals surface area contributed by atoms with Crippen LogP contribution >= 0.6 is 0 Å². The van der Waals surface area contributed by atoms with Crippen molar-refractivity contribution < 1.29 is 19.2 Å². The normalized spacial score (nSPS) is 11.9. The van der Waals surface area contributed by atoms with Crippen molar-refractivity contribution >= 4 is 11.7 Å². The highest BCUT2D eigenvalue weighted by molar-refractivity contribution is 5.76. The first-order valence-corrected chi connectivity index (χ1v) is 8.16. The molecule has 0 aromatic heterocycles. The van der Waals surface area contributed by atoms with Gasteiger partial charge in [0.25, 0.3) is 0 Å². The fraction of sp³-hybridized carbons (Fsp3) is 0.611. The third-order valence-corrected chi connectivity index (χ3v) is 4.06. The molecule has 6 nitrogen and oxygen atoms in total. The Bertz CT molecular complexity index is 600. The molecule has 1 aromatic carbocycles. The zero-order valence-electron chi connectivity index (χ0n) is 15.3.